The monoisotopic (exact) mass is 435 g/mol. The second kappa shape index (κ2) is 9.33. The summed E-state index contributed by atoms with van der Waals surface area (Å²) < 4.78 is 43.7. The van der Waals surface area contributed by atoms with Crippen molar-refractivity contribution in [3.8, 4) is 17.2 Å². The normalized spacial score (nSPS) is 12.8. The highest BCUT2D eigenvalue weighted by molar-refractivity contribution is 7.89. The van der Waals surface area contributed by atoms with Crippen molar-refractivity contribution in [1.82, 2.24) is 14.9 Å². The van der Waals surface area contributed by atoms with Crippen molar-refractivity contribution >= 4 is 15.9 Å². The molecule has 0 aliphatic carbocycles. The van der Waals surface area contributed by atoms with Gasteiger partial charge in [0.1, 0.15) is 10.6 Å². The summed E-state index contributed by atoms with van der Waals surface area (Å²) in [5.74, 6) is 1.06. The van der Waals surface area contributed by atoms with Crippen molar-refractivity contribution in [1.29, 1.82) is 0 Å². The fraction of sp³-hybridized carbons (Fsp3) is 0.350. The van der Waals surface area contributed by atoms with Crippen molar-refractivity contribution in [2.45, 2.75) is 11.4 Å². The van der Waals surface area contributed by atoms with E-state index in [1.165, 1.54) is 25.3 Å². The molecule has 1 amide bonds. The number of carbonyl (C=O) groups excluding carboxylic acids is 1. The average Bonchev–Trinajstić information content (AvgIpc) is 3.19. The quantitative estimate of drug-likeness (QED) is 0.609. The lowest BCUT2D eigenvalue weighted by atomic mass is 10.1. The maximum absolute atomic E-state index is 12.7. The van der Waals surface area contributed by atoms with Crippen LogP contribution in [0.25, 0.3) is 0 Å². The van der Waals surface area contributed by atoms with Crippen LogP contribution in [-0.2, 0) is 16.6 Å². The number of nitrogens with zero attached hydrogens (tertiary/aromatic N) is 1. The van der Waals surface area contributed by atoms with E-state index in [0.29, 0.717) is 18.0 Å². The predicted molar refractivity (Wildman–Crippen MR) is 110 cm³/mol. The summed E-state index contributed by atoms with van der Waals surface area (Å²) >= 11 is 0. The lowest BCUT2D eigenvalue weighted by Crippen LogP contribution is -2.32. The van der Waals surface area contributed by atoms with E-state index in [0.717, 1.165) is 5.56 Å². The van der Waals surface area contributed by atoms with Gasteiger partial charge in [0.25, 0.3) is 5.91 Å². The number of benzene rings is 2. The molecule has 2 aromatic rings. The topological polar surface area (TPSA) is 106 Å². The van der Waals surface area contributed by atoms with Gasteiger partial charge in [-0.15, -0.1) is 0 Å². The summed E-state index contributed by atoms with van der Waals surface area (Å²) in [7, 11) is 1.24. The first-order valence-corrected chi connectivity index (χ1v) is 10.8. The molecule has 1 heterocycles. The van der Waals surface area contributed by atoms with Crippen molar-refractivity contribution in [3.05, 3.63) is 47.5 Å². The van der Waals surface area contributed by atoms with Crippen LogP contribution in [0, 0.1) is 0 Å². The van der Waals surface area contributed by atoms with Crippen LogP contribution in [0.1, 0.15) is 15.9 Å². The molecule has 3 rings (SSSR count). The first kappa shape index (κ1) is 21.9. The smallest absolute Gasteiger partial charge is 0.251 e. The lowest BCUT2D eigenvalue weighted by Gasteiger charge is -2.14. The fourth-order valence-electron chi connectivity index (χ4n) is 2.84. The number of fused-ring (bicyclic) bond motifs is 1. The largest absolute Gasteiger partial charge is 0.495 e. The second-order valence-electron chi connectivity index (χ2n) is 6.94. The van der Waals surface area contributed by atoms with Crippen LogP contribution >= 0.6 is 0 Å². The molecule has 0 radical (unpaired) electrons. The minimum absolute atomic E-state index is 0.0838. The summed E-state index contributed by atoms with van der Waals surface area (Å²) in [6, 6.07) is 9.70. The minimum Gasteiger partial charge on any atom is -0.495 e. The first-order chi connectivity index (χ1) is 14.3. The number of amides is 1. The lowest BCUT2D eigenvalue weighted by molar-refractivity contribution is 0.0950. The van der Waals surface area contributed by atoms with Gasteiger partial charge in [0, 0.05) is 25.2 Å². The van der Waals surface area contributed by atoms with E-state index in [1.54, 1.807) is 12.1 Å². The number of hydrogen-bond donors (Lipinski definition) is 2. The molecule has 30 heavy (non-hydrogen) atoms. The molecule has 0 aromatic heterocycles. The highest BCUT2D eigenvalue weighted by atomic mass is 32.2. The standard InChI is InChI=1S/C20H25N3O6S/c1-23(2)9-8-22-30(25,26)19-11-15(5-7-17(19)27-3)20(24)21-12-14-4-6-16-18(10-14)29-13-28-16/h4-7,10-11,22H,8-9,12-13H2,1-3H3,(H,21,24). The molecule has 0 saturated heterocycles. The number of sulfonamides is 1. The van der Waals surface area contributed by atoms with E-state index in [2.05, 4.69) is 10.0 Å². The maximum atomic E-state index is 12.7. The van der Waals surface area contributed by atoms with E-state index in [1.807, 2.05) is 25.1 Å². The van der Waals surface area contributed by atoms with Crippen LogP contribution in [-0.4, -0.2) is 60.3 Å². The molecule has 0 atom stereocenters. The number of hydrogen-bond acceptors (Lipinski definition) is 7. The van der Waals surface area contributed by atoms with Crippen LogP contribution in [0.15, 0.2) is 41.3 Å². The molecule has 0 bridgehead atoms. The molecule has 9 nitrogen and oxygen atoms in total. The molecule has 1 aliphatic rings. The number of methoxy groups -OCH3 is 1. The number of carbonyl (C=O) groups is 1. The van der Waals surface area contributed by atoms with Crippen molar-refractivity contribution in [2.24, 2.45) is 0 Å². The fourth-order valence-corrected chi connectivity index (χ4v) is 4.06. The Morgan fingerprint density at radius 2 is 1.90 bits per heavy atom. The molecule has 2 N–H and O–H groups in total. The van der Waals surface area contributed by atoms with Crippen molar-refractivity contribution < 1.29 is 27.4 Å². The molecule has 0 saturated carbocycles. The zero-order valence-electron chi connectivity index (χ0n) is 17.1. The first-order valence-electron chi connectivity index (χ1n) is 9.29. The SMILES string of the molecule is COc1ccc(C(=O)NCc2ccc3c(c2)OCO3)cc1S(=O)(=O)NCCN(C)C. The third kappa shape index (κ3) is 5.21. The van der Waals surface area contributed by atoms with Gasteiger partial charge in [0.05, 0.1) is 7.11 Å². The van der Waals surface area contributed by atoms with Gasteiger partial charge in [-0.05, 0) is 50.0 Å². The van der Waals surface area contributed by atoms with Gasteiger partial charge in [-0.1, -0.05) is 6.07 Å². The van der Waals surface area contributed by atoms with E-state index < -0.39 is 15.9 Å². The van der Waals surface area contributed by atoms with Crippen molar-refractivity contribution in [2.75, 3.05) is 41.1 Å². The number of likely N-dealkylation sites (N-methyl/N-ethyl adjacent to an activating group) is 1. The van der Waals surface area contributed by atoms with Gasteiger partial charge in [0.2, 0.25) is 16.8 Å². The van der Waals surface area contributed by atoms with Gasteiger partial charge in [-0.25, -0.2) is 13.1 Å². The van der Waals surface area contributed by atoms with Crippen LogP contribution < -0.4 is 24.2 Å². The Balaban J connectivity index is 1.72. The molecule has 1 aliphatic heterocycles. The van der Waals surface area contributed by atoms with Crippen LogP contribution in [0.2, 0.25) is 0 Å². The van der Waals surface area contributed by atoms with Crippen LogP contribution in [0.3, 0.4) is 0 Å². The third-order valence-electron chi connectivity index (χ3n) is 4.46. The van der Waals surface area contributed by atoms with Gasteiger partial charge < -0.3 is 24.4 Å². The predicted octanol–water partition coefficient (Wildman–Crippen LogP) is 1.19. The maximum Gasteiger partial charge on any atom is 0.251 e. The second-order valence-corrected chi connectivity index (χ2v) is 8.67. The minimum atomic E-state index is -3.84. The molecule has 0 unspecified atom stereocenters. The number of rotatable bonds is 9. The van der Waals surface area contributed by atoms with E-state index in [-0.39, 0.29) is 36.1 Å². The van der Waals surface area contributed by atoms with E-state index in [4.69, 9.17) is 14.2 Å². The summed E-state index contributed by atoms with van der Waals surface area (Å²) in [5, 5.41) is 2.78. The van der Waals surface area contributed by atoms with E-state index in [9.17, 15) is 13.2 Å². The van der Waals surface area contributed by atoms with Crippen LogP contribution in [0.5, 0.6) is 17.2 Å². The van der Waals surface area contributed by atoms with Crippen molar-refractivity contribution in [3.63, 3.8) is 0 Å². The Kier molecular flexibility index (Phi) is 6.80. The highest BCUT2D eigenvalue weighted by Gasteiger charge is 2.21. The van der Waals surface area contributed by atoms with E-state index >= 15 is 0 Å². The zero-order valence-corrected chi connectivity index (χ0v) is 17.9. The summed E-state index contributed by atoms with van der Waals surface area (Å²) in [5.41, 5.74) is 1.05. The molecular weight excluding hydrogens is 410 g/mol. The van der Waals surface area contributed by atoms with Crippen LogP contribution in [0.4, 0.5) is 0 Å². The molecule has 2 aromatic carbocycles. The Morgan fingerprint density at radius 1 is 1.13 bits per heavy atom. The third-order valence-corrected chi connectivity index (χ3v) is 5.94. The Hall–Kier alpha value is -2.82. The Labute approximate surface area is 176 Å². The molecule has 0 spiro atoms. The molecular formula is C20H25N3O6S. The summed E-state index contributed by atoms with van der Waals surface area (Å²) in [6.07, 6.45) is 0. The van der Waals surface area contributed by atoms with Gasteiger partial charge >= 0.3 is 0 Å². The molecule has 162 valence electrons. The Bertz CT molecular complexity index is 1020. The molecule has 10 heteroatoms. The summed E-state index contributed by atoms with van der Waals surface area (Å²) in [4.78, 5) is 14.4. The van der Waals surface area contributed by atoms with Gasteiger partial charge in [0.15, 0.2) is 11.5 Å². The molecule has 0 fully saturated rings. The highest BCUT2D eigenvalue weighted by Crippen LogP contribution is 2.32. The number of nitrogens with one attached hydrogen (secondary N) is 2. The average molecular weight is 436 g/mol. The Morgan fingerprint density at radius 3 is 2.63 bits per heavy atom. The van der Waals surface area contributed by atoms with Gasteiger partial charge in [-0.2, -0.15) is 0 Å². The number of ether oxygens (including phenoxy) is 3. The zero-order chi connectivity index (χ0) is 21.7. The van der Waals surface area contributed by atoms with Gasteiger partial charge in [-0.3, -0.25) is 4.79 Å². The summed E-state index contributed by atoms with van der Waals surface area (Å²) in [6.45, 7) is 1.21.